The smallest absolute Gasteiger partial charge is 0.0606 e. The summed E-state index contributed by atoms with van der Waals surface area (Å²) >= 11 is 0. The molecule has 15 heavy (non-hydrogen) atoms. The Morgan fingerprint density at radius 2 is 2.07 bits per heavy atom. The summed E-state index contributed by atoms with van der Waals surface area (Å²) in [4.78, 5) is 2.13. The monoisotopic (exact) mass is 208 g/mol. The predicted octanol–water partition coefficient (Wildman–Crippen LogP) is 1.78. The summed E-state index contributed by atoms with van der Waals surface area (Å²) in [6, 6.07) is 6.38. The van der Waals surface area contributed by atoms with E-state index in [4.69, 9.17) is 10.8 Å². The summed E-state index contributed by atoms with van der Waals surface area (Å²) in [6.07, 6.45) is 0. The molecule has 1 aromatic carbocycles. The molecule has 84 valence electrons. The number of rotatable bonds is 4. The van der Waals surface area contributed by atoms with Gasteiger partial charge in [0.15, 0.2) is 0 Å². The lowest BCUT2D eigenvalue weighted by atomic mass is 10.1. The lowest BCUT2D eigenvalue weighted by molar-refractivity contribution is 0.299. The van der Waals surface area contributed by atoms with Crippen molar-refractivity contribution in [3.05, 3.63) is 23.8 Å². The number of benzene rings is 1. The van der Waals surface area contributed by atoms with E-state index in [9.17, 15) is 0 Å². The molecule has 0 bridgehead atoms. The molecule has 0 amide bonds. The highest BCUT2D eigenvalue weighted by atomic mass is 16.3. The molecule has 0 spiro atoms. The molecule has 0 aliphatic heterocycles. The molecule has 3 nitrogen and oxygen atoms in total. The number of aliphatic hydroxyl groups excluding tert-OH is 1. The van der Waals surface area contributed by atoms with Gasteiger partial charge in [-0.1, -0.05) is 6.07 Å². The molecule has 0 radical (unpaired) electrons. The molecule has 0 atom stereocenters. The van der Waals surface area contributed by atoms with Crippen LogP contribution in [0.3, 0.4) is 0 Å². The van der Waals surface area contributed by atoms with Crippen LogP contribution in [0.25, 0.3) is 0 Å². The molecule has 0 saturated heterocycles. The third-order valence-electron chi connectivity index (χ3n) is 2.56. The minimum Gasteiger partial charge on any atom is -0.398 e. The average Bonchev–Trinajstić information content (AvgIpc) is 2.18. The van der Waals surface area contributed by atoms with Gasteiger partial charge in [0.05, 0.1) is 6.61 Å². The van der Waals surface area contributed by atoms with Gasteiger partial charge in [0.2, 0.25) is 0 Å². The highest BCUT2D eigenvalue weighted by Crippen LogP contribution is 2.22. The van der Waals surface area contributed by atoms with Crippen LogP contribution < -0.4 is 10.6 Å². The first-order valence-electron chi connectivity index (χ1n) is 5.30. The molecule has 0 aliphatic rings. The van der Waals surface area contributed by atoms with Crippen molar-refractivity contribution in [3.63, 3.8) is 0 Å². The number of hydrogen-bond acceptors (Lipinski definition) is 3. The molecular weight excluding hydrogens is 188 g/mol. The molecule has 0 fully saturated rings. The maximum absolute atomic E-state index is 9.00. The maximum Gasteiger partial charge on any atom is 0.0606 e. The van der Waals surface area contributed by atoms with Crippen LogP contribution >= 0.6 is 0 Å². The Morgan fingerprint density at radius 1 is 1.40 bits per heavy atom. The molecule has 1 rings (SSSR count). The van der Waals surface area contributed by atoms with Crippen molar-refractivity contribution in [2.24, 2.45) is 0 Å². The second kappa shape index (κ2) is 5.03. The topological polar surface area (TPSA) is 49.5 Å². The van der Waals surface area contributed by atoms with Gasteiger partial charge in [0.1, 0.15) is 0 Å². The number of aliphatic hydroxyl groups is 1. The summed E-state index contributed by atoms with van der Waals surface area (Å²) in [5, 5.41) is 9.00. The highest BCUT2D eigenvalue weighted by molar-refractivity contribution is 5.60. The number of anilines is 2. The summed E-state index contributed by atoms with van der Waals surface area (Å²) in [6.45, 7) is 6.99. The fourth-order valence-electron chi connectivity index (χ4n) is 1.60. The Bertz CT molecular complexity index is 323. The van der Waals surface area contributed by atoms with Crippen LogP contribution in [-0.4, -0.2) is 24.3 Å². The van der Waals surface area contributed by atoms with Gasteiger partial charge < -0.3 is 15.7 Å². The van der Waals surface area contributed by atoms with E-state index in [-0.39, 0.29) is 6.61 Å². The van der Waals surface area contributed by atoms with Crippen molar-refractivity contribution >= 4 is 11.4 Å². The second-order valence-corrected chi connectivity index (χ2v) is 4.05. The van der Waals surface area contributed by atoms with Crippen LogP contribution in [-0.2, 0) is 0 Å². The molecule has 0 unspecified atom stereocenters. The number of aryl methyl sites for hydroxylation is 1. The van der Waals surface area contributed by atoms with Crippen molar-refractivity contribution < 1.29 is 5.11 Å². The predicted molar refractivity (Wildman–Crippen MR) is 65.2 cm³/mol. The standard InChI is InChI=1S/C12H20N2O/c1-9(2)14(6-7-15)11-5-4-10(3)12(13)8-11/h4-5,8-9,15H,6-7,13H2,1-3H3. The van der Waals surface area contributed by atoms with E-state index in [2.05, 4.69) is 18.7 Å². The Kier molecular flexibility index (Phi) is 3.97. The minimum atomic E-state index is 0.159. The van der Waals surface area contributed by atoms with E-state index >= 15 is 0 Å². The van der Waals surface area contributed by atoms with Gasteiger partial charge in [0.25, 0.3) is 0 Å². The van der Waals surface area contributed by atoms with E-state index in [1.54, 1.807) is 0 Å². The van der Waals surface area contributed by atoms with Crippen LogP contribution in [0.15, 0.2) is 18.2 Å². The van der Waals surface area contributed by atoms with Gasteiger partial charge in [-0.2, -0.15) is 0 Å². The summed E-state index contributed by atoms with van der Waals surface area (Å²) in [5.41, 5.74) is 8.83. The first kappa shape index (κ1) is 11.9. The zero-order valence-corrected chi connectivity index (χ0v) is 9.70. The van der Waals surface area contributed by atoms with E-state index in [1.807, 2.05) is 25.1 Å². The first-order chi connectivity index (χ1) is 7.06. The third kappa shape index (κ3) is 2.86. The largest absolute Gasteiger partial charge is 0.398 e. The highest BCUT2D eigenvalue weighted by Gasteiger charge is 2.10. The molecule has 3 N–H and O–H groups in total. The van der Waals surface area contributed by atoms with Crippen LogP contribution in [0.1, 0.15) is 19.4 Å². The zero-order chi connectivity index (χ0) is 11.4. The summed E-state index contributed by atoms with van der Waals surface area (Å²) in [5.74, 6) is 0. The van der Waals surface area contributed by atoms with Gasteiger partial charge >= 0.3 is 0 Å². The lowest BCUT2D eigenvalue weighted by Crippen LogP contribution is -2.33. The van der Waals surface area contributed by atoms with Crippen LogP contribution in [0.5, 0.6) is 0 Å². The van der Waals surface area contributed by atoms with Gasteiger partial charge in [-0.15, -0.1) is 0 Å². The molecule has 0 aliphatic carbocycles. The third-order valence-corrected chi connectivity index (χ3v) is 2.56. The summed E-state index contributed by atoms with van der Waals surface area (Å²) in [7, 11) is 0. The van der Waals surface area contributed by atoms with Crippen LogP contribution in [0.2, 0.25) is 0 Å². The minimum absolute atomic E-state index is 0.159. The van der Waals surface area contributed by atoms with E-state index < -0.39 is 0 Å². The Morgan fingerprint density at radius 3 is 2.53 bits per heavy atom. The Labute approximate surface area is 91.5 Å². The normalized spacial score (nSPS) is 10.7. The zero-order valence-electron chi connectivity index (χ0n) is 9.70. The second-order valence-electron chi connectivity index (χ2n) is 4.05. The average molecular weight is 208 g/mol. The number of nitrogens with zero attached hydrogens (tertiary/aromatic N) is 1. The van der Waals surface area contributed by atoms with Crippen LogP contribution in [0.4, 0.5) is 11.4 Å². The number of nitrogen functional groups attached to an aromatic ring is 1. The van der Waals surface area contributed by atoms with E-state index in [1.165, 1.54) is 0 Å². The quantitative estimate of drug-likeness (QED) is 0.742. The Hall–Kier alpha value is -1.22. The summed E-state index contributed by atoms with van der Waals surface area (Å²) < 4.78 is 0. The van der Waals surface area contributed by atoms with Crippen molar-refractivity contribution in [3.8, 4) is 0 Å². The van der Waals surface area contributed by atoms with Crippen LogP contribution in [0, 0.1) is 6.92 Å². The van der Waals surface area contributed by atoms with Gasteiger partial charge in [0, 0.05) is 24.0 Å². The Balaban J connectivity index is 2.95. The first-order valence-corrected chi connectivity index (χ1v) is 5.30. The van der Waals surface area contributed by atoms with E-state index in [0.717, 1.165) is 16.9 Å². The van der Waals surface area contributed by atoms with Crippen molar-refractivity contribution in [1.29, 1.82) is 0 Å². The van der Waals surface area contributed by atoms with Gasteiger partial charge in [-0.3, -0.25) is 0 Å². The SMILES string of the molecule is Cc1ccc(N(CCO)C(C)C)cc1N. The maximum atomic E-state index is 9.00. The fourth-order valence-corrected chi connectivity index (χ4v) is 1.60. The molecule has 1 aromatic rings. The molecular formula is C12H20N2O. The molecule has 0 aromatic heterocycles. The van der Waals surface area contributed by atoms with Crippen molar-refractivity contribution in [2.75, 3.05) is 23.8 Å². The van der Waals surface area contributed by atoms with E-state index in [0.29, 0.717) is 12.6 Å². The van der Waals surface area contributed by atoms with Crippen molar-refractivity contribution in [2.45, 2.75) is 26.8 Å². The molecule has 0 saturated carbocycles. The molecule has 0 heterocycles. The van der Waals surface area contributed by atoms with Gasteiger partial charge in [-0.25, -0.2) is 0 Å². The van der Waals surface area contributed by atoms with Crippen molar-refractivity contribution in [1.82, 2.24) is 0 Å². The van der Waals surface area contributed by atoms with Gasteiger partial charge in [-0.05, 0) is 38.5 Å². The lowest BCUT2D eigenvalue weighted by Gasteiger charge is -2.28. The number of hydrogen-bond donors (Lipinski definition) is 2. The fraction of sp³-hybridized carbons (Fsp3) is 0.500. The molecule has 3 heteroatoms. The number of nitrogens with two attached hydrogens (primary N) is 1.